The summed E-state index contributed by atoms with van der Waals surface area (Å²) in [5, 5.41) is 10.6. The summed E-state index contributed by atoms with van der Waals surface area (Å²) in [5.41, 5.74) is 4.70. The number of hydrogen-bond acceptors (Lipinski definition) is 6. The average molecular weight is 652 g/mol. The number of likely N-dealkylation sites (N-methyl/N-ethyl adjacent to an activating group) is 1. The van der Waals surface area contributed by atoms with E-state index >= 15 is 0 Å². The van der Waals surface area contributed by atoms with E-state index in [0.29, 0.717) is 16.1 Å². The Balaban J connectivity index is 0.00000145. The van der Waals surface area contributed by atoms with Crippen molar-refractivity contribution in [3.63, 3.8) is 0 Å². The molecular formula is C26H24ClNO5Re-4. The molecule has 0 aliphatic carbocycles. The van der Waals surface area contributed by atoms with Gasteiger partial charge in [-0.25, -0.2) is 0 Å². The maximum Gasteiger partial charge on any atom is 0.134 e. The second-order valence-corrected chi connectivity index (χ2v) is 7.60. The van der Waals surface area contributed by atoms with Gasteiger partial charge in [-0.15, -0.1) is 11.6 Å². The van der Waals surface area contributed by atoms with Gasteiger partial charge in [0.2, 0.25) is 0 Å². The van der Waals surface area contributed by atoms with Crippen molar-refractivity contribution in [2.24, 2.45) is 0 Å². The zero-order valence-corrected chi connectivity index (χ0v) is 22.0. The van der Waals surface area contributed by atoms with Crippen molar-refractivity contribution in [1.82, 2.24) is 4.90 Å². The molecule has 1 radical (unpaired) electrons. The van der Waals surface area contributed by atoms with E-state index in [2.05, 4.69) is 38.4 Å². The van der Waals surface area contributed by atoms with Crippen molar-refractivity contribution in [3.8, 4) is 5.75 Å². The van der Waals surface area contributed by atoms with Crippen LogP contribution >= 0.6 is 11.6 Å². The van der Waals surface area contributed by atoms with E-state index in [1.807, 2.05) is 48.5 Å². The Bertz CT molecular complexity index is 1040. The molecule has 1 heterocycles. The van der Waals surface area contributed by atoms with Gasteiger partial charge in [0.15, 0.2) is 0 Å². The number of phenolic OH excluding ortho intramolecular Hbond substituents is 1. The quantitative estimate of drug-likeness (QED) is 0.263. The summed E-state index contributed by atoms with van der Waals surface area (Å²) in [7, 11) is 2.10. The third-order valence-electron chi connectivity index (χ3n) is 5.32. The molecule has 0 aromatic heterocycles. The molecule has 8 heteroatoms. The van der Waals surface area contributed by atoms with Crippen LogP contribution in [0.4, 0.5) is 0 Å². The van der Waals surface area contributed by atoms with Crippen LogP contribution in [0.25, 0.3) is 0 Å². The molecule has 0 amide bonds. The first kappa shape index (κ1) is 31.2. The van der Waals surface area contributed by atoms with E-state index in [4.69, 9.17) is 26.0 Å². The van der Waals surface area contributed by atoms with Gasteiger partial charge in [-0.3, -0.25) is 20.4 Å². The van der Waals surface area contributed by atoms with Crippen LogP contribution in [0.3, 0.4) is 0 Å². The Kier molecular flexibility index (Phi) is 14.6. The molecule has 1 unspecified atom stereocenters. The SMILES string of the molecule is CN1CCc2cc(Cl)c(O)cc2C(c2cccc(C(=O)c3ccc[cH-]3)c2)C1.[CH-]=O.[CH-]=O.[CH-]=O.[Re]. The Labute approximate surface area is 218 Å². The van der Waals surface area contributed by atoms with Crippen molar-refractivity contribution >= 4 is 37.8 Å². The second-order valence-electron chi connectivity index (χ2n) is 7.20. The minimum Gasteiger partial charge on any atom is -0.545 e. The van der Waals surface area contributed by atoms with E-state index < -0.39 is 0 Å². The number of ketones is 1. The third kappa shape index (κ3) is 7.61. The van der Waals surface area contributed by atoms with Crippen LogP contribution in [0.15, 0.2) is 60.7 Å². The van der Waals surface area contributed by atoms with Gasteiger partial charge in [-0.05, 0) is 47.9 Å². The predicted molar refractivity (Wildman–Crippen MR) is 128 cm³/mol. The van der Waals surface area contributed by atoms with Crippen LogP contribution in [-0.4, -0.2) is 56.3 Å². The molecule has 1 atom stereocenters. The van der Waals surface area contributed by atoms with Gasteiger partial charge >= 0.3 is 0 Å². The third-order valence-corrected chi connectivity index (χ3v) is 5.62. The number of benzene rings is 2. The molecule has 3 aromatic rings. The molecule has 181 valence electrons. The van der Waals surface area contributed by atoms with Crippen LogP contribution < -0.4 is 0 Å². The summed E-state index contributed by atoms with van der Waals surface area (Å²) >= 11 is 6.14. The van der Waals surface area contributed by atoms with Crippen molar-refractivity contribution < 1.29 is 44.7 Å². The fourth-order valence-electron chi connectivity index (χ4n) is 3.85. The molecular weight excluding hydrogens is 628 g/mol. The van der Waals surface area contributed by atoms with E-state index in [1.54, 1.807) is 6.07 Å². The smallest absolute Gasteiger partial charge is 0.134 e. The first-order chi connectivity index (χ1) is 16.0. The molecule has 0 fully saturated rings. The van der Waals surface area contributed by atoms with Crippen LogP contribution in [0.2, 0.25) is 5.02 Å². The van der Waals surface area contributed by atoms with Crippen molar-refractivity contribution in [2.75, 3.05) is 20.1 Å². The number of hydrogen-bond donors (Lipinski definition) is 1. The summed E-state index contributed by atoms with van der Waals surface area (Å²) in [6.07, 6.45) is 0.883. The number of fused-ring (bicyclic) bond motifs is 1. The molecule has 34 heavy (non-hydrogen) atoms. The Morgan fingerprint density at radius 2 is 1.74 bits per heavy atom. The van der Waals surface area contributed by atoms with Gasteiger partial charge in [0.05, 0.1) is 5.02 Å². The van der Waals surface area contributed by atoms with Crippen LogP contribution in [0, 0.1) is 0 Å². The van der Waals surface area contributed by atoms with Crippen molar-refractivity contribution in [2.45, 2.75) is 12.3 Å². The minimum absolute atomic E-state index is 0. The monoisotopic (exact) mass is 652 g/mol. The number of nitrogens with zero attached hydrogens (tertiary/aromatic N) is 1. The number of halogens is 1. The fraction of sp³-hybridized carbons (Fsp3) is 0.192. The van der Waals surface area contributed by atoms with Gasteiger partial charge in [0.25, 0.3) is 0 Å². The summed E-state index contributed by atoms with van der Waals surface area (Å²) in [5.74, 6) is 0.208. The van der Waals surface area contributed by atoms with Crippen LogP contribution in [0.5, 0.6) is 5.75 Å². The zero-order valence-electron chi connectivity index (χ0n) is 18.5. The Morgan fingerprint density at radius 1 is 1.06 bits per heavy atom. The molecule has 3 aromatic carbocycles. The van der Waals surface area contributed by atoms with Crippen molar-refractivity contribution in [3.05, 3.63) is 93.5 Å². The van der Waals surface area contributed by atoms with Gasteiger partial charge in [0.1, 0.15) is 11.5 Å². The van der Waals surface area contributed by atoms with Gasteiger partial charge in [0, 0.05) is 39.4 Å². The van der Waals surface area contributed by atoms with Gasteiger partial charge in [-0.1, -0.05) is 35.9 Å². The van der Waals surface area contributed by atoms with Gasteiger partial charge in [-0.2, -0.15) is 18.2 Å². The molecule has 4 rings (SSSR count). The van der Waals surface area contributed by atoms with E-state index in [0.717, 1.165) is 36.2 Å². The predicted octanol–water partition coefficient (Wildman–Crippen LogP) is 3.79. The van der Waals surface area contributed by atoms with Crippen LogP contribution in [-0.2, 0) is 41.2 Å². The Morgan fingerprint density at radius 3 is 2.35 bits per heavy atom. The summed E-state index contributed by atoms with van der Waals surface area (Å²) in [4.78, 5) is 38.3. The number of rotatable bonds is 3. The van der Waals surface area contributed by atoms with E-state index in [1.165, 1.54) is 0 Å². The summed E-state index contributed by atoms with van der Waals surface area (Å²) < 4.78 is 0. The first-order valence-electron chi connectivity index (χ1n) is 9.80. The number of aromatic hydroxyl groups is 1. The van der Waals surface area contributed by atoms with E-state index in [-0.39, 0.29) is 37.9 Å². The second kappa shape index (κ2) is 15.9. The van der Waals surface area contributed by atoms with Gasteiger partial charge < -0.3 is 29.2 Å². The fourth-order valence-corrected chi connectivity index (χ4v) is 4.03. The maximum absolute atomic E-state index is 12.8. The zero-order chi connectivity index (χ0) is 25.0. The number of carbonyl (C=O) groups excluding carboxylic acids is 4. The largest absolute Gasteiger partial charge is 0.545 e. The molecule has 1 aliphatic rings. The molecule has 0 saturated carbocycles. The Hall–Kier alpha value is -2.82. The summed E-state index contributed by atoms with van der Waals surface area (Å²) in [6, 6.07) is 18.9. The standard InChI is InChI=1S/C23H21ClNO2.3CHO.Re/c1-25-10-9-17-12-21(24)22(26)13-19(17)20(14-25)16-7-4-8-18(11-16)23(27)15-5-2-3-6-15;3*1-2;/h2-8,11-13,20,26H,9-10,14H2,1H3;3*1H;/q4*-1;. The topological polar surface area (TPSA) is 91.8 Å². The molecule has 1 aliphatic heterocycles. The normalized spacial score (nSPS) is 14.1. The maximum atomic E-state index is 12.8. The first-order valence-corrected chi connectivity index (χ1v) is 10.2. The van der Waals surface area contributed by atoms with Crippen LogP contribution in [0.1, 0.15) is 38.5 Å². The molecule has 1 N–H and O–H groups in total. The molecule has 0 saturated heterocycles. The minimum atomic E-state index is 0. The summed E-state index contributed by atoms with van der Waals surface area (Å²) in [6.45, 7) is 11.5. The van der Waals surface area contributed by atoms with Crippen molar-refractivity contribution in [1.29, 1.82) is 0 Å². The molecule has 6 nitrogen and oxygen atoms in total. The molecule has 0 spiro atoms. The number of phenols is 1. The number of carbonyl (C=O) groups is 1. The molecule has 0 bridgehead atoms. The average Bonchev–Trinajstić information content (AvgIpc) is 3.36. The van der Waals surface area contributed by atoms with E-state index in [9.17, 15) is 9.90 Å².